The summed E-state index contributed by atoms with van der Waals surface area (Å²) in [5.41, 5.74) is 1.13. The van der Waals surface area contributed by atoms with E-state index in [4.69, 9.17) is 27.9 Å². The van der Waals surface area contributed by atoms with Gasteiger partial charge < -0.3 is 10.1 Å². The topological polar surface area (TPSA) is 21.3 Å². The van der Waals surface area contributed by atoms with Crippen molar-refractivity contribution in [3.63, 3.8) is 0 Å². The molecule has 2 fully saturated rings. The van der Waals surface area contributed by atoms with Crippen LogP contribution in [0.1, 0.15) is 44.2 Å². The number of halogens is 2. The summed E-state index contributed by atoms with van der Waals surface area (Å²) < 4.78 is 5.26. The van der Waals surface area contributed by atoms with E-state index in [1.165, 1.54) is 19.3 Å². The molecule has 0 spiro atoms. The van der Waals surface area contributed by atoms with Gasteiger partial charge in [0.05, 0.1) is 12.1 Å². The van der Waals surface area contributed by atoms with Crippen LogP contribution in [0.25, 0.3) is 0 Å². The molecule has 0 aliphatic heterocycles. The van der Waals surface area contributed by atoms with Crippen LogP contribution in [0.2, 0.25) is 10.0 Å². The molecule has 2 nitrogen and oxygen atoms in total. The molecule has 3 unspecified atom stereocenters. The maximum atomic E-state index is 6.50. The fraction of sp³-hybridized carbons (Fsp3) is 0.647. The SMILES string of the molecule is CCCNC(c1cc(Cl)c(OC)cc1Cl)C1C2CCCC21. The summed E-state index contributed by atoms with van der Waals surface area (Å²) in [7, 11) is 1.62. The van der Waals surface area contributed by atoms with E-state index in [0.717, 1.165) is 41.3 Å². The predicted molar refractivity (Wildman–Crippen MR) is 88.4 cm³/mol. The average Bonchev–Trinajstić information content (AvgIpc) is 2.94. The molecule has 0 heterocycles. The highest BCUT2D eigenvalue weighted by atomic mass is 35.5. The third-order valence-electron chi connectivity index (χ3n) is 5.08. The van der Waals surface area contributed by atoms with Crippen LogP contribution in [0.4, 0.5) is 0 Å². The third-order valence-corrected chi connectivity index (χ3v) is 5.70. The van der Waals surface area contributed by atoms with Crippen LogP contribution in [0.15, 0.2) is 12.1 Å². The number of nitrogens with one attached hydrogen (secondary N) is 1. The van der Waals surface area contributed by atoms with E-state index in [1.54, 1.807) is 7.11 Å². The molecule has 2 saturated carbocycles. The summed E-state index contributed by atoms with van der Waals surface area (Å²) in [6.45, 7) is 3.21. The number of rotatable bonds is 6. The lowest BCUT2D eigenvalue weighted by atomic mass is 9.96. The summed E-state index contributed by atoms with van der Waals surface area (Å²) in [5.74, 6) is 3.15. The Labute approximate surface area is 137 Å². The van der Waals surface area contributed by atoms with Gasteiger partial charge in [0.25, 0.3) is 0 Å². The molecule has 1 aromatic carbocycles. The van der Waals surface area contributed by atoms with E-state index in [2.05, 4.69) is 12.2 Å². The van der Waals surface area contributed by atoms with Crippen molar-refractivity contribution in [1.82, 2.24) is 5.32 Å². The molecule has 0 bridgehead atoms. The summed E-state index contributed by atoms with van der Waals surface area (Å²) >= 11 is 12.8. The van der Waals surface area contributed by atoms with Crippen LogP contribution in [-0.4, -0.2) is 13.7 Å². The number of fused-ring (bicyclic) bond motifs is 1. The van der Waals surface area contributed by atoms with E-state index in [0.29, 0.717) is 16.8 Å². The fourth-order valence-corrected chi connectivity index (χ4v) is 4.58. The van der Waals surface area contributed by atoms with E-state index in [1.807, 2.05) is 12.1 Å². The van der Waals surface area contributed by atoms with Crippen LogP contribution >= 0.6 is 23.2 Å². The van der Waals surface area contributed by atoms with Crippen molar-refractivity contribution >= 4 is 23.2 Å². The van der Waals surface area contributed by atoms with Crippen LogP contribution in [0, 0.1) is 17.8 Å². The number of hydrogen-bond donors (Lipinski definition) is 1. The summed E-state index contributed by atoms with van der Waals surface area (Å²) in [4.78, 5) is 0. The zero-order chi connectivity index (χ0) is 15.0. The molecular weight excluding hydrogens is 305 g/mol. The predicted octanol–water partition coefficient (Wildman–Crippen LogP) is 5.09. The molecule has 0 amide bonds. The molecule has 0 saturated heterocycles. The highest BCUT2D eigenvalue weighted by Crippen LogP contribution is 2.62. The van der Waals surface area contributed by atoms with Crippen molar-refractivity contribution < 1.29 is 4.74 Å². The molecule has 0 radical (unpaired) electrons. The molecule has 3 atom stereocenters. The van der Waals surface area contributed by atoms with Crippen LogP contribution in [0.5, 0.6) is 5.75 Å². The third kappa shape index (κ3) is 2.91. The second-order valence-corrected chi connectivity index (χ2v) is 7.09. The Morgan fingerprint density at radius 2 is 1.95 bits per heavy atom. The Kier molecular flexibility index (Phi) is 4.68. The zero-order valence-corrected chi connectivity index (χ0v) is 14.2. The smallest absolute Gasteiger partial charge is 0.138 e. The Morgan fingerprint density at radius 1 is 1.24 bits per heavy atom. The standard InChI is InChI=1S/C17H23Cl2NO/c1-3-7-20-17(16-10-5-4-6-11(10)16)12-8-14(19)15(21-2)9-13(12)18/h8-11,16-17,20H,3-7H2,1-2H3. The highest BCUT2D eigenvalue weighted by molar-refractivity contribution is 6.34. The number of methoxy groups -OCH3 is 1. The monoisotopic (exact) mass is 327 g/mol. The minimum absolute atomic E-state index is 0.330. The molecule has 4 heteroatoms. The first-order chi connectivity index (χ1) is 10.2. The van der Waals surface area contributed by atoms with Crippen molar-refractivity contribution in [3.8, 4) is 5.75 Å². The normalized spacial score (nSPS) is 28.3. The second-order valence-electron chi connectivity index (χ2n) is 6.28. The summed E-state index contributed by atoms with van der Waals surface area (Å²) in [6.07, 6.45) is 5.27. The van der Waals surface area contributed by atoms with E-state index < -0.39 is 0 Å². The minimum Gasteiger partial charge on any atom is -0.495 e. The molecular formula is C17H23Cl2NO. The van der Waals surface area contributed by atoms with Gasteiger partial charge in [0.1, 0.15) is 5.75 Å². The lowest BCUT2D eigenvalue weighted by Crippen LogP contribution is -2.25. The van der Waals surface area contributed by atoms with Crippen LogP contribution in [0.3, 0.4) is 0 Å². The van der Waals surface area contributed by atoms with Crippen molar-refractivity contribution in [2.24, 2.45) is 17.8 Å². The van der Waals surface area contributed by atoms with Crippen molar-refractivity contribution in [1.29, 1.82) is 0 Å². The Hall–Kier alpha value is -0.440. The Morgan fingerprint density at radius 3 is 2.57 bits per heavy atom. The van der Waals surface area contributed by atoms with E-state index in [9.17, 15) is 0 Å². The molecule has 116 valence electrons. The molecule has 21 heavy (non-hydrogen) atoms. The lowest BCUT2D eigenvalue weighted by molar-refractivity contribution is 0.408. The van der Waals surface area contributed by atoms with Crippen molar-refractivity contribution in [2.75, 3.05) is 13.7 Å². The van der Waals surface area contributed by atoms with Gasteiger partial charge in [-0.1, -0.05) is 36.5 Å². The fourth-order valence-electron chi connectivity index (χ4n) is 4.06. The highest BCUT2D eigenvalue weighted by Gasteiger charge is 2.56. The van der Waals surface area contributed by atoms with Gasteiger partial charge in [-0.3, -0.25) is 0 Å². The van der Waals surface area contributed by atoms with Gasteiger partial charge in [-0.15, -0.1) is 0 Å². The van der Waals surface area contributed by atoms with Gasteiger partial charge in [-0.25, -0.2) is 0 Å². The van der Waals surface area contributed by atoms with Crippen molar-refractivity contribution in [2.45, 2.75) is 38.6 Å². The second kappa shape index (κ2) is 6.36. The molecule has 1 aromatic rings. The Bertz CT molecular complexity index is 510. The lowest BCUT2D eigenvalue weighted by Gasteiger charge is -2.23. The number of hydrogen-bond acceptors (Lipinski definition) is 2. The first-order valence-corrected chi connectivity index (χ1v) is 8.69. The first-order valence-electron chi connectivity index (χ1n) is 7.93. The number of benzene rings is 1. The molecule has 2 aliphatic rings. The maximum Gasteiger partial charge on any atom is 0.138 e. The van der Waals surface area contributed by atoms with E-state index in [-0.39, 0.29) is 0 Å². The van der Waals surface area contributed by atoms with Crippen molar-refractivity contribution in [3.05, 3.63) is 27.7 Å². The zero-order valence-electron chi connectivity index (χ0n) is 12.7. The average molecular weight is 328 g/mol. The first kappa shape index (κ1) is 15.5. The maximum absolute atomic E-state index is 6.50. The van der Waals surface area contributed by atoms with Gasteiger partial charge in [0.15, 0.2) is 0 Å². The number of ether oxygens (including phenoxy) is 1. The quantitative estimate of drug-likeness (QED) is 0.785. The summed E-state index contributed by atoms with van der Waals surface area (Å²) in [5, 5.41) is 5.10. The van der Waals surface area contributed by atoms with Gasteiger partial charge in [0, 0.05) is 17.1 Å². The van der Waals surface area contributed by atoms with Gasteiger partial charge >= 0.3 is 0 Å². The molecule has 3 rings (SSSR count). The molecule has 1 N–H and O–H groups in total. The van der Waals surface area contributed by atoms with Gasteiger partial charge in [-0.2, -0.15) is 0 Å². The van der Waals surface area contributed by atoms with Gasteiger partial charge in [-0.05, 0) is 55.2 Å². The summed E-state index contributed by atoms with van der Waals surface area (Å²) in [6, 6.07) is 4.17. The van der Waals surface area contributed by atoms with Gasteiger partial charge in [0.2, 0.25) is 0 Å². The Balaban J connectivity index is 1.87. The van der Waals surface area contributed by atoms with Crippen LogP contribution < -0.4 is 10.1 Å². The van der Waals surface area contributed by atoms with E-state index >= 15 is 0 Å². The molecule has 0 aromatic heterocycles. The van der Waals surface area contributed by atoms with Crippen LogP contribution in [-0.2, 0) is 0 Å². The minimum atomic E-state index is 0.330. The largest absolute Gasteiger partial charge is 0.495 e. The molecule has 2 aliphatic carbocycles.